The summed E-state index contributed by atoms with van der Waals surface area (Å²) in [7, 11) is 0. The van der Waals surface area contributed by atoms with Crippen molar-refractivity contribution >= 4 is 11.6 Å². The van der Waals surface area contributed by atoms with Gasteiger partial charge in [-0.3, -0.25) is 4.79 Å². The average molecular weight is 285 g/mol. The molecule has 0 aromatic heterocycles. The molecule has 1 fully saturated rings. The second-order valence-electron chi connectivity index (χ2n) is 5.21. The zero-order chi connectivity index (χ0) is 15.1. The van der Waals surface area contributed by atoms with Gasteiger partial charge in [-0.15, -0.1) is 0 Å². The topological polar surface area (TPSA) is 74.5 Å². The summed E-state index contributed by atoms with van der Waals surface area (Å²) in [5.41, 5.74) is 4.17. The van der Waals surface area contributed by atoms with Crippen LogP contribution in [-0.4, -0.2) is 18.2 Å². The number of nitriles is 1. The van der Waals surface area contributed by atoms with E-state index in [1.807, 2.05) is 6.07 Å². The molecule has 5 heteroatoms. The quantitative estimate of drug-likeness (QED) is 0.864. The number of hydrazone groups is 1. The molecular weight excluding hydrogens is 266 g/mol. The van der Waals surface area contributed by atoms with Crippen molar-refractivity contribution in [2.45, 2.75) is 32.6 Å². The van der Waals surface area contributed by atoms with Crippen molar-refractivity contribution in [2.24, 2.45) is 11.0 Å². The Hall–Kier alpha value is -2.35. The van der Waals surface area contributed by atoms with Gasteiger partial charge in [-0.1, -0.05) is 13.3 Å². The fourth-order valence-corrected chi connectivity index (χ4v) is 2.28. The van der Waals surface area contributed by atoms with E-state index >= 15 is 0 Å². The van der Waals surface area contributed by atoms with E-state index in [4.69, 9.17) is 10.00 Å². The van der Waals surface area contributed by atoms with Gasteiger partial charge in [0.25, 0.3) is 5.91 Å². The fraction of sp³-hybridized carbons (Fsp3) is 0.438. The molecule has 0 heterocycles. The van der Waals surface area contributed by atoms with Crippen LogP contribution in [0.25, 0.3) is 0 Å². The van der Waals surface area contributed by atoms with Crippen LogP contribution in [0.2, 0.25) is 0 Å². The number of rotatable bonds is 4. The highest BCUT2D eigenvalue weighted by Gasteiger charge is 2.16. The molecule has 0 saturated heterocycles. The number of carbonyl (C=O) groups is 1. The van der Waals surface area contributed by atoms with Crippen molar-refractivity contribution in [1.29, 1.82) is 5.26 Å². The molecule has 21 heavy (non-hydrogen) atoms. The summed E-state index contributed by atoms with van der Waals surface area (Å²) in [5, 5.41) is 12.9. The second kappa shape index (κ2) is 7.44. The smallest absolute Gasteiger partial charge is 0.277 e. The Bertz CT molecular complexity index is 558. The van der Waals surface area contributed by atoms with Crippen molar-refractivity contribution in [2.75, 3.05) is 6.61 Å². The zero-order valence-corrected chi connectivity index (χ0v) is 12.1. The number of amides is 1. The molecule has 1 N–H and O–H groups in total. The van der Waals surface area contributed by atoms with Gasteiger partial charge in [0.15, 0.2) is 6.61 Å². The minimum Gasteiger partial charge on any atom is -0.484 e. The maximum absolute atomic E-state index is 11.7. The summed E-state index contributed by atoms with van der Waals surface area (Å²) in [6.45, 7) is 2.05. The van der Waals surface area contributed by atoms with Crippen LogP contribution in [-0.2, 0) is 4.79 Å². The van der Waals surface area contributed by atoms with E-state index in [1.54, 1.807) is 24.3 Å². The van der Waals surface area contributed by atoms with Gasteiger partial charge in [0.2, 0.25) is 0 Å². The molecule has 5 nitrogen and oxygen atoms in total. The number of hydrogen-bond donors (Lipinski definition) is 1. The molecule has 0 spiro atoms. The molecule has 1 aliphatic carbocycles. The Morgan fingerprint density at radius 1 is 1.43 bits per heavy atom. The first-order valence-electron chi connectivity index (χ1n) is 7.17. The van der Waals surface area contributed by atoms with Crippen LogP contribution in [0.15, 0.2) is 29.4 Å². The van der Waals surface area contributed by atoms with E-state index in [9.17, 15) is 4.79 Å². The number of nitrogens with zero attached hydrogens (tertiary/aromatic N) is 2. The first-order valence-corrected chi connectivity index (χ1v) is 7.17. The van der Waals surface area contributed by atoms with Crippen molar-refractivity contribution in [3.8, 4) is 11.8 Å². The Morgan fingerprint density at radius 2 is 2.19 bits per heavy atom. The molecule has 0 bridgehead atoms. The minimum atomic E-state index is -0.273. The van der Waals surface area contributed by atoms with Gasteiger partial charge in [-0.05, 0) is 49.4 Å². The number of ether oxygens (including phenoxy) is 1. The second-order valence-corrected chi connectivity index (χ2v) is 5.21. The SMILES string of the molecule is C[C@H]1CCCC/C1=N/NC(=O)COc1ccc(C#N)cc1. The van der Waals surface area contributed by atoms with Gasteiger partial charge in [-0.2, -0.15) is 10.4 Å². The van der Waals surface area contributed by atoms with Crippen LogP contribution in [0.3, 0.4) is 0 Å². The summed E-state index contributed by atoms with van der Waals surface area (Å²) < 4.78 is 5.34. The molecule has 0 radical (unpaired) electrons. The molecule has 1 aliphatic rings. The first kappa shape index (κ1) is 15.0. The summed E-state index contributed by atoms with van der Waals surface area (Å²) in [6, 6.07) is 8.66. The summed E-state index contributed by atoms with van der Waals surface area (Å²) in [5.74, 6) is 0.728. The molecule has 0 unspecified atom stereocenters. The van der Waals surface area contributed by atoms with Gasteiger partial charge < -0.3 is 4.74 Å². The Kier molecular flexibility index (Phi) is 5.33. The van der Waals surface area contributed by atoms with Crippen molar-refractivity contribution < 1.29 is 9.53 Å². The van der Waals surface area contributed by atoms with Crippen LogP contribution < -0.4 is 10.2 Å². The predicted octanol–water partition coefficient (Wildman–Crippen LogP) is 2.62. The molecule has 1 amide bonds. The predicted molar refractivity (Wildman–Crippen MR) is 79.9 cm³/mol. The largest absolute Gasteiger partial charge is 0.484 e. The fourth-order valence-electron chi connectivity index (χ4n) is 2.28. The maximum Gasteiger partial charge on any atom is 0.277 e. The Morgan fingerprint density at radius 3 is 2.86 bits per heavy atom. The van der Waals surface area contributed by atoms with E-state index in [0.717, 1.165) is 25.0 Å². The summed E-state index contributed by atoms with van der Waals surface area (Å²) >= 11 is 0. The highest BCUT2D eigenvalue weighted by molar-refractivity contribution is 5.88. The van der Waals surface area contributed by atoms with E-state index in [1.165, 1.54) is 6.42 Å². The van der Waals surface area contributed by atoms with E-state index < -0.39 is 0 Å². The number of benzene rings is 1. The van der Waals surface area contributed by atoms with Gasteiger partial charge in [0, 0.05) is 5.71 Å². The lowest BCUT2D eigenvalue weighted by atomic mass is 9.89. The maximum atomic E-state index is 11.7. The van der Waals surface area contributed by atoms with Gasteiger partial charge >= 0.3 is 0 Å². The highest BCUT2D eigenvalue weighted by Crippen LogP contribution is 2.20. The third kappa shape index (κ3) is 4.60. The molecule has 0 aliphatic heterocycles. The minimum absolute atomic E-state index is 0.0862. The van der Waals surface area contributed by atoms with Gasteiger partial charge in [0.05, 0.1) is 11.6 Å². The van der Waals surface area contributed by atoms with Crippen LogP contribution >= 0.6 is 0 Å². The summed E-state index contributed by atoms with van der Waals surface area (Å²) in [4.78, 5) is 11.7. The van der Waals surface area contributed by atoms with Crippen LogP contribution in [0, 0.1) is 17.2 Å². The average Bonchev–Trinajstić information content (AvgIpc) is 2.52. The lowest BCUT2D eigenvalue weighted by molar-refractivity contribution is -0.123. The molecular formula is C16H19N3O2. The van der Waals surface area contributed by atoms with Crippen molar-refractivity contribution in [3.63, 3.8) is 0 Å². The van der Waals surface area contributed by atoms with Crippen LogP contribution in [0.5, 0.6) is 5.75 Å². The van der Waals surface area contributed by atoms with E-state index in [-0.39, 0.29) is 12.5 Å². The van der Waals surface area contributed by atoms with Crippen molar-refractivity contribution in [1.82, 2.24) is 5.43 Å². The Balaban J connectivity index is 1.79. The first-order chi connectivity index (χ1) is 10.2. The normalized spacial score (nSPS) is 19.8. The third-order valence-corrected chi connectivity index (χ3v) is 3.57. The van der Waals surface area contributed by atoms with Crippen molar-refractivity contribution in [3.05, 3.63) is 29.8 Å². The van der Waals surface area contributed by atoms with E-state index in [2.05, 4.69) is 17.5 Å². The molecule has 1 aromatic carbocycles. The number of hydrogen-bond acceptors (Lipinski definition) is 4. The monoisotopic (exact) mass is 285 g/mol. The molecule has 1 atom stereocenters. The number of nitrogens with one attached hydrogen (secondary N) is 1. The third-order valence-electron chi connectivity index (χ3n) is 3.57. The summed E-state index contributed by atoms with van der Waals surface area (Å²) in [6.07, 6.45) is 4.46. The standard InChI is InChI=1S/C16H19N3O2/c1-12-4-2-3-5-15(12)18-19-16(20)11-21-14-8-6-13(10-17)7-9-14/h6-9,12H,2-5,11H2,1H3,(H,19,20)/b18-15-/t12-/m0/s1. The van der Waals surface area contributed by atoms with Gasteiger partial charge in [-0.25, -0.2) is 5.43 Å². The lowest BCUT2D eigenvalue weighted by Crippen LogP contribution is -2.28. The zero-order valence-electron chi connectivity index (χ0n) is 12.1. The highest BCUT2D eigenvalue weighted by atomic mass is 16.5. The molecule has 1 aromatic rings. The van der Waals surface area contributed by atoms with Gasteiger partial charge in [0.1, 0.15) is 5.75 Å². The molecule has 110 valence electrons. The van der Waals surface area contributed by atoms with E-state index in [0.29, 0.717) is 17.2 Å². The molecule has 1 saturated carbocycles. The van der Waals surface area contributed by atoms with Crippen LogP contribution in [0.1, 0.15) is 38.2 Å². The van der Waals surface area contributed by atoms with Crippen LogP contribution in [0.4, 0.5) is 0 Å². The molecule has 2 rings (SSSR count). The Labute approximate surface area is 124 Å². The number of carbonyl (C=O) groups excluding carboxylic acids is 1. The lowest BCUT2D eigenvalue weighted by Gasteiger charge is -2.19.